The largest absolute Gasteiger partial charge is 0.497 e. The third-order valence-electron chi connectivity index (χ3n) is 5.94. The lowest BCUT2D eigenvalue weighted by Crippen LogP contribution is -2.29. The van der Waals surface area contributed by atoms with Gasteiger partial charge in [-0.1, -0.05) is 48.5 Å². The third kappa shape index (κ3) is 5.07. The quantitative estimate of drug-likeness (QED) is 0.403. The molecular weight excluding hydrogens is 448 g/mol. The Morgan fingerprint density at radius 2 is 1.85 bits per heavy atom. The molecule has 2 aromatic carbocycles. The molecule has 0 fully saturated rings. The average molecular weight is 477 g/mol. The maximum atomic E-state index is 13.3. The molecule has 1 aliphatic heterocycles. The number of benzene rings is 2. The fourth-order valence-corrected chi connectivity index (χ4v) is 4.77. The number of carbonyl (C=O) groups is 1. The molecule has 176 valence electrons. The zero-order valence-electron chi connectivity index (χ0n) is 19.8. The third-order valence-corrected chi connectivity index (χ3v) is 6.80. The number of amides is 1. The number of hydrogen-bond acceptors (Lipinski definition) is 6. The van der Waals surface area contributed by atoms with E-state index in [4.69, 9.17) is 9.84 Å². The molecule has 0 radical (unpaired) electrons. The molecule has 1 unspecified atom stereocenters. The number of nitrogens with one attached hydrogen (secondary N) is 1. The van der Waals surface area contributed by atoms with E-state index in [0.29, 0.717) is 29.3 Å². The Morgan fingerprint density at radius 1 is 1.15 bits per heavy atom. The van der Waals surface area contributed by atoms with Gasteiger partial charge in [-0.3, -0.25) is 9.59 Å². The van der Waals surface area contributed by atoms with Crippen molar-refractivity contribution in [3.05, 3.63) is 86.8 Å². The molecule has 1 aromatic heterocycles. The summed E-state index contributed by atoms with van der Waals surface area (Å²) in [5.74, 6) is 0.752. The van der Waals surface area contributed by atoms with E-state index in [2.05, 4.69) is 9.97 Å². The second-order valence-corrected chi connectivity index (χ2v) is 9.19. The van der Waals surface area contributed by atoms with Gasteiger partial charge in [0.05, 0.1) is 24.6 Å². The molecule has 0 spiro atoms. The highest BCUT2D eigenvalue weighted by Gasteiger charge is 2.33. The normalized spacial score (nSPS) is 15.4. The Kier molecular flexibility index (Phi) is 7.17. The predicted molar refractivity (Wildman–Crippen MR) is 135 cm³/mol. The number of H-pyrrole nitrogens is 1. The van der Waals surface area contributed by atoms with Gasteiger partial charge in [0.2, 0.25) is 0 Å². The molecule has 0 aliphatic carbocycles. The summed E-state index contributed by atoms with van der Waals surface area (Å²) in [5, 5.41) is 6.74. The molecule has 8 heteroatoms. The minimum atomic E-state index is -0.193. The molecule has 34 heavy (non-hydrogen) atoms. The van der Waals surface area contributed by atoms with Gasteiger partial charge in [-0.15, -0.1) is 0 Å². The lowest BCUT2D eigenvalue weighted by Gasteiger charge is -2.22. The predicted octanol–water partition coefficient (Wildman–Crippen LogP) is 4.43. The summed E-state index contributed by atoms with van der Waals surface area (Å²) in [7, 11) is 1.63. The van der Waals surface area contributed by atoms with Crippen molar-refractivity contribution >= 4 is 23.4 Å². The first-order chi connectivity index (χ1) is 16.4. The lowest BCUT2D eigenvalue weighted by molar-refractivity contribution is -0.130. The number of nitrogens with zero attached hydrogens (tertiary/aromatic N) is 3. The van der Waals surface area contributed by atoms with Gasteiger partial charge in [-0.2, -0.15) is 5.10 Å². The van der Waals surface area contributed by atoms with Gasteiger partial charge < -0.3 is 9.72 Å². The maximum Gasteiger partial charge on any atom is 0.254 e. The minimum absolute atomic E-state index is 0.121. The number of hydrogen-bond donors (Lipinski definition) is 1. The molecule has 1 amide bonds. The second kappa shape index (κ2) is 10.3. The van der Waals surface area contributed by atoms with Gasteiger partial charge in [0, 0.05) is 17.7 Å². The standard InChI is InChI=1S/C26H28N4O3S/c1-5-21-17(3)27-26(28-25(21)32)34-15-24(31)30-23(19-8-6-16(2)7-9-19)14-22(29-30)18-10-12-20(33-4)13-11-18/h6-13,23H,5,14-15H2,1-4H3,(H,27,28,32). The van der Waals surface area contributed by atoms with Gasteiger partial charge in [-0.25, -0.2) is 9.99 Å². The number of aromatic nitrogens is 2. The van der Waals surface area contributed by atoms with Gasteiger partial charge in [0.15, 0.2) is 5.16 Å². The number of carbonyl (C=O) groups excluding carboxylic acids is 1. The highest BCUT2D eigenvalue weighted by atomic mass is 32.2. The summed E-state index contributed by atoms with van der Waals surface area (Å²) >= 11 is 1.22. The van der Waals surface area contributed by atoms with Crippen molar-refractivity contribution in [2.45, 2.75) is 44.8 Å². The minimum Gasteiger partial charge on any atom is -0.497 e. The molecule has 3 aromatic rings. The van der Waals surface area contributed by atoms with Crippen LogP contribution >= 0.6 is 11.8 Å². The molecule has 2 heterocycles. The zero-order chi connectivity index (χ0) is 24.2. The van der Waals surface area contributed by atoms with Crippen LogP contribution < -0.4 is 10.3 Å². The van der Waals surface area contributed by atoms with E-state index < -0.39 is 0 Å². The number of aryl methyl sites for hydroxylation is 2. The van der Waals surface area contributed by atoms with Crippen LogP contribution in [0, 0.1) is 13.8 Å². The van der Waals surface area contributed by atoms with Crippen molar-refractivity contribution in [2.24, 2.45) is 5.10 Å². The maximum absolute atomic E-state index is 13.3. The van der Waals surface area contributed by atoms with Crippen LogP contribution in [0.25, 0.3) is 0 Å². The Morgan fingerprint density at radius 3 is 2.47 bits per heavy atom. The van der Waals surface area contributed by atoms with E-state index in [1.807, 2.05) is 69.3 Å². The van der Waals surface area contributed by atoms with Crippen molar-refractivity contribution in [1.82, 2.24) is 15.0 Å². The van der Waals surface area contributed by atoms with E-state index in [1.165, 1.54) is 11.8 Å². The first-order valence-electron chi connectivity index (χ1n) is 11.2. The summed E-state index contributed by atoms with van der Waals surface area (Å²) < 4.78 is 5.26. The van der Waals surface area contributed by atoms with Gasteiger partial charge >= 0.3 is 0 Å². The van der Waals surface area contributed by atoms with E-state index in [0.717, 1.165) is 28.2 Å². The smallest absolute Gasteiger partial charge is 0.254 e. The number of aromatic amines is 1. The van der Waals surface area contributed by atoms with E-state index in [9.17, 15) is 9.59 Å². The van der Waals surface area contributed by atoms with Crippen LogP contribution in [0.4, 0.5) is 0 Å². The van der Waals surface area contributed by atoms with Crippen molar-refractivity contribution in [2.75, 3.05) is 12.9 Å². The number of rotatable bonds is 7. The van der Waals surface area contributed by atoms with Gasteiger partial charge in [-0.05, 0) is 55.7 Å². The summed E-state index contributed by atoms with van der Waals surface area (Å²) in [6, 6.07) is 15.7. The molecule has 7 nitrogen and oxygen atoms in total. The number of thioether (sulfide) groups is 1. The zero-order valence-corrected chi connectivity index (χ0v) is 20.6. The average Bonchev–Trinajstić information content (AvgIpc) is 3.28. The van der Waals surface area contributed by atoms with Crippen molar-refractivity contribution in [3.8, 4) is 5.75 Å². The topological polar surface area (TPSA) is 87.7 Å². The number of hydrazone groups is 1. The molecule has 1 aliphatic rings. The second-order valence-electron chi connectivity index (χ2n) is 8.22. The fraction of sp³-hybridized carbons (Fsp3) is 0.308. The van der Waals surface area contributed by atoms with Crippen LogP contribution in [-0.2, 0) is 11.2 Å². The highest BCUT2D eigenvalue weighted by Crippen LogP contribution is 2.34. The first kappa shape index (κ1) is 23.8. The summed E-state index contributed by atoms with van der Waals surface area (Å²) in [6.45, 7) is 5.78. The van der Waals surface area contributed by atoms with Crippen LogP contribution in [0.1, 0.15) is 47.3 Å². The van der Waals surface area contributed by atoms with E-state index >= 15 is 0 Å². The van der Waals surface area contributed by atoms with Crippen LogP contribution in [0.3, 0.4) is 0 Å². The van der Waals surface area contributed by atoms with Crippen molar-refractivity contribution in [3.63, 3.8) is 0 Å². The Bertz CT molecular complexity index is 1270. The Labute approximate surface area is 203 Å². The molecular formula is C26H28N4O3S. The molecule has 0 saturated carbocycles. The van der Waals surface area contributed by atoms with Gasteiger partial charge in [0.25, 0.3) is 11.5 Å². The fourth-order valence-electron chi connectivity index (χ4n) is 4.01. The van der Waals surface area contributed by atoms with Crippen LogP contribution in [0.5, 0.6) is 5.75 Å². The van der Waals surface area contributed by atoms with Crippen LogP contribution in [-0.4, -0.2) is 39.5 Å². The van der Waals surface area contributed by atoms with Crippen LogP contribution in [0.2, 0.25) is 0 Å². The summed E-state index contributed by atoms with van der Waals surface area (Å²) in [4.78, 5) is 32.8. The summed E-state index contributed by atoms with van der Waals surface area (Å²) in [5.41, 5.74) is 5.21. The lowest BCUT2D eigenvalue weighted by atomic mass is 9.97. The Hall–Kier alpha value is -3.39. The number of methoxy groups -OCH3 is 1. The SMILES string of the molecule is CCc1c(C)nc(SCC(=O)N2N=C(c3ccc(OC)cc3)CC2c2ccc(C)cc2)[nH]c1=O. The van der Waals surface area contributed by atoms with Gasteiger partial charge in [0.1, 0.15) is 5.75 Å². The highest BCUT2D eigenvalue weighted by molar-refractivity contribution is 7.99. The van der Waals surface area contributed by atoms with E-state index in [1.54, 1.807) is 12.1 Å². The molecule has 1 atom stereocenters. The molecule has 1 N–H and O–H groups in total. The van der Waals surface area contributed by atoms with Crippen molar-refractivity contribution < 1.29 is 9.53 Å². The van der Waals surface area contributed by atoms with Crippen molar-refractivity contribution in [1.29, 1.82) is 0 Å². The molecule has 0 saturated heterocycles. The van der Waals surface area contributed by atoms with Crippen LogP contribution in [0.15, 0.2) is 63.6 Å². The Balaban J connectivity index is 1.58. The molecule has 0 bridgehead atoms. The number of ether oxygens (including phenoxy) is 1. The first-order valence-corrected chi connectivity index (χ1v) is 12.2. The summed E-state index contributed by atoms with van der Waals surface area (Å²) in [6.07, 6.45) is 1.23. The van der Waals surface area contributed by atoms with E-state index in [-0.39, 0.29) is 23.3 Å². The monoisotopic (exact) mass is 476 g/mol. The molecule has 4 rings (SSSR count).